The summed E-state index contributed by atoms with van der Waals surface area (Å²) in [7, 11) is 0. The third-order valence-corrected chi connectivity index (χ3v) is 2.97. The standard InChI is InChI=1S/C12H15N3O3/c1-6(11(16)15-13)8-3-4-10-9(5-8)14-12(17)7(2)18-10/h3-7H,13H2,1-2H3,(H,14,17)(H,15,16). The summed E-state index contributed by atoms with van der Waals surface area (Å²) in [6, 6.07) is 5.24. The Kier molecular flexibility index (Phi) is 3.20. The predicted octanol–water partition coefficient (Wildman–Crippen LogP) is 0.499. The molecule has 1 aliphatic rings. The van der Waals surface area contributed by atoms with E-state index in [-0.39, 0.29) is 11.8 Å². The largest absolute Gasteiger partial charge is 0.479 e. The van der Waals surface area contributed by atoms with E-state index >= 15 is 0 Å². The van der Waals surface area contributed by atoms with Crippen molar-refractivity contribution >= 4 is 17.5 Å². The zero-order valence-corrected chi connectivity index (χ0v) is 10.2. The molecule has 0 aliphatic carbocycles. The summed E-state index contributed by atoms with van der Waals surface area (Å²) >= 11 is 0. The van der Waals surface area contributed by atoms with Crippen LogP contribution in [0, 0.1) is 0 Å². The van der Waals surface area contributed by atoms with Crippen LogP contribution in [0.2, 0.25) is 0 Å². The van der Waals surface area contributed by atoms with E-state index in [1.165, 1.54) is 0 Å². The summed E-state index contributed by atoms with van der Waals surface area (Å²) < 4.78 is 5.43. The van der Waals surface area contributed by atoms with Crippen LogP contribution >= 0.6 is 0 Å². The van der Waals surface area contributed by atoms with Crippen molar-refractivity contribution < 1.29 is 14.3 Å². The van der Waals surface area contributed by atoms with Gasteiger partial charge in [-0.1, -0.05) is 6.07 Å². The lowest BCUT2D eigenvalue weighted by molar-refractivity contribution is -0.123. The third kappa shape index (κ3) is 2.14. The Morgan fingerprint density at radius 1 is 1.56 bits per heavy atom. The first-order valence-corrected chi connectivity index (χ1v) is 5.65. The molecule has 1 aliphatic heterocycles. The maximum atomic E-state index is 11.5. The molecule has 1 aromatic rings. The number of hydrogen-bond donors (Lipinski definition) is 3. The average Bonchev–Trinajstić information content (AvgIpc) is 2.37. The first kappa shape index (κ1) is 12.4. The van der Waals surface area contributed by atoms with Crippen LogP contribution in [-0.4, -0.2) is 17.9 Å². The van der Waals surface area contributed by atoms with Crippen molar-refractivity contribution in [2.45, 2.75) is 25.9 Å². The van der Waals surface area contributed by atoms with E-state index < -0.39 is 12.0 Å². The van der Waals surface area contributed by atoms with Crippen LogP contribution in [0.5, 0.6) is 5.75 Å². The van der Waals surface area contributed by atoms with E-state index in [4.69, 9.17) is 10.6 Å². The van der Waals surface area contributed by atoms with Crippen molar-refractivity contribution in [3.8, 4) is 5.75 Å². The Hall–Kier alpha value is -2.08. The maximum absolute atomic E-state index is 11.5. The van der Waals surface area contributed by atoms with Crippen LogP contribution < -0.4 is 21.3 Å². The van der Waals surface area contributed by atoms with E-state index in [1.54, 1.807) is 32.0 Å². The first-order valence-electron chi connectivity index (χ1n) is 5.65. The molecule has 6 heteroatoms. The maximum Gasteiger partial charge on any atom is 0.265 e. The third-order valence-electron chi connectivity index (χ3n) is 2.97. The van der Waals surface area contributed by atoms with Gasteiger partial charge in [0.15, 0.2) is 6.10 Å². The number of anilines is 1. The number of ether oxygens (including phenoxy) is 1. The Morgan fingerprint density at radius 2 is 2.28 bits per heavy atom. The van der Waals surface area contributed by atoms with Gasteiger partial charge in [-0.2, -0.15) is 0 Å². The summed E-state index contributed by atoms with van der Waals surface area (Å²) in [5, 5.41) is 2.73. The van der Waals surface area contributed by atoms with Crippen molar-refractivity contribution in [3.05, 3.63) is 23.8 Å². The van der Waals surface area contributed by atoms with Crippen LogP contribution in [0.25, 0.3) is 0 Å². The normalized spacial score (nSPS) is 19.3. The highest BCUT2D eigenvalue weighted by atomic mass is 16.5. The number of hydrogen-bond acceptors (Lipinski definition) is 4. The van der Waals surface area contributed by atoms with Crippen molar-refractivity contribution in [2.75, 3.05) is 5.32 Å². The van der Waals surface area contributed by atoms with Crippen LogP contribution in [0.15, 0.2) is 18.2 Å². The van der Waals surface area contributed by atoms with Crippen LogP contribution in [0.3, 0.4) is 0 Å². The predicted molar refractivity (Wildman–Crippen MR) is 65.9 cm³/mol. The van der Waals surface area contributed by atoms with Gasteiger partial charge >= 0.3 is 0 Å². The molecule has 1 aromatic carbocycles. The Labute approximate surface area is 104 Å². The van der Waals surface area contributed by atoms with E-state index in [9.17, 15) is 9.59 Å². The second kappa shape index (κ2) is 4.66. The second-order valence-electron chi connectivity index (χ2n) is 4.24. The summed E-state index contributed by atoms with van der Waals surface area (Å²) in [6.07, 6.45) is -0.506. The molecular formula is C12H15N3O3. The minimum atomic E-state index is -0.506. The highest BCUT2D eigenvalue weighted by Crippen LogP contribution is 2.32. The molecule has 1 heterocycles. The molecule has 2 rings (SSSR count). The lowest BCUT2D eigenvalue weighted by atomic mass is 9.99. The minimum Gasteiger partial charge on any atom is -0.479 e. The smallest absolute Gasteiger partial charge is 0.265 e. The number of amides is 2. The molecular weight excluding hydrogens is 234 g/mol. The molecule has 0 aromatic heterocycles. The van der Waals surface area contributed by atoms with Crippen molar-refractivity contribution in [3.63, 3.8) is 0 Å². The fraction of sp³-hybridized carbons (Fsp3) is 0.333. The second-order valence-corrected chi connectivity index (χ2v) is 4.24. The van der Waals surface area contributed by atoms with Gasteiger partial charge in [-0.15, -0.1) is 0 Å². The molecule has 0 bridgehead atoms. The van der Waals surface area contributed by atoms with Gasteiger partial charge in [-0.25, -0.2) is 5.84 Å². The zero-order valence-electron chi connectivity index (χ0n) is 10.2. The molecule has 2 amide bonds. The number of fused-ring (bicyclic) bond motifs is 1. The van der Waals surface area contributed by atoms with Gasteiger partial charge in [0.05, 0.1) is 11.6 Å². The van der Waals surface area contributed by atoms with Crippen LogP contribution in [0.4, 0.5) is 5.69 Å². The SMILES string of the molecule is CC1Oc2ccc(C(C)C(=O)NN)cc2NC1=O. The molecule has 2 unspecified atom stereocenters. The molecule has 0 spiro atoms. The van der Waals surface area contributed by atoms with E-state index in [2.05, 4.69) is 10.7 Å². The van der Waals surface area contributed by atoms with Crippen LogP contribution in [0.1, 0.15) is 25.3 Å². The molecule has 2 atom stereocenters. The molecule has 0 radical (unpaired) electrons. The summed E-state index contributed by atoms with van der Waals surface area (Å²) in [4.78, 5) is 22.9. The van der Waals surface area contributed by atoms with E-state index in [1.807, 2.05) is 0 Å². The molecule has 18 heavy (non-hydrogen) atoms. The Balaban J connectivity index is 2.30. The number of hydrazine groups is 1. The van der Waals surface area contributed by atoms with Gasteiger partial charge in [0.2, 0.25) is 5.91 Å². The monoisotopic (exact) mass is 249 g/mol. The number of rotatable bonds is 2. The molecule has 0 fully saturated rings. The fourth-order valence-corrected chi connectivity index (χ4v) is 1.77. The van der Waals surface area contributed by atoms with E-state index in [0.717, 1.165) is 5.56 Å². The van der Waals surface area contributed by atoms with Gasteiger partial charge < -0.3 is 10.1 Å². The van der Waals surface area contributed by atoms with Crippen LogP contribution in [-0.2, 0) is 9.59 Å². The molecule has 0 saturated carbocycles. The molecule has 0 saturated heterocycles. The number of carbonyl (C=O) groups is 2. The molecule has 4 N–H and O–H groups in total. The number of nitrogens with two attached hydrogens (primary N) is 1. The Morgan fingerprint density at radius 3 is 2.94 bits per heavy atom. The molecule has 96 valence electrons. The van der Waals surface area contributed by atoms with Gasteiger partial charge in [0.25, 0.3) is 5.91 Å². The first-order chi connectivity index (χ1) is 8.52. The number of nitrogens with one attached hydrogen (secondary N) is 2. The zero-order chi connectivity index (χ0) is 13.3. The lowest BCUT2D eigenvalue weighted by Crippen LogP contribution is -2.35. The van der Waals surface area contributed by atoms with Crippen molar-refractivity contribution in [1.82, 2.24) is 5.43 Å². The minimum absolute atomic E-state index is 0.199. The quantitative estimate of drug-likeness (QED) is 0.404. The summed E-state index contributed by atoms with van der Waals surface area (Å²) in [6.45, 7) is 3.41. The van der Waals surface area contributed by atoms with Gasteiger partial charge in [-0.05, 0) is 31.5 Å². The fourth-order valence-electron chi connectivity index (χ4n) is 1.77. The number of benzene rings is 1. The van der Waals surface area contributed by atoms with Crippen molar-refractivity contribution in [2.24, 2.45) is 5.84 Å². The topological polar surface area (TPSA) is 93.4 Å². The summed E-state index contributed by atoms with van der Waals surface area (Å²) in [5.41, 5.74) is 3.44. The van der Waals surface area contributed by atoms with Gasteiger partial charge in [-0.3, -0.25) is 15.0 Å². The highest BCUT2D eigenvalue weighted by Gasteiger charge is 2.24. The van der Waals surface area contributed by atoms with Gasteiger partial charge in [0.1, 0.15) is 5.75 Å². The lowest BCUT2D eigenvalue weighted by Gasteiger charge is -2.24. The van der Waals surface area contributed by atoms with E-state index in [0.29, 0.717) is 11.4 Å². The van der Waals surface area contributed by atoms with Crippen molar-refractivity contribution in [1.29, 1.82) is 0 Å². The Bertz CT molecular complexity index is 501. The number of carbonyl (C=O) groups excluding carboxylic acids is 2. The van der Waals surface area contributed by atoms with Gasteiger partial charge in [0, 0.05) is 0 Å². The average molecular weight is 249 g/mol. The highest BCUT2D eigenvalue weighted by molar-refractivity contribution is 5.97. The summed E-state index contributed by atoms with van der Waals surface area (Å²) in [5.74, 6) is 4.82. The molecule has 6 nitrogen and oxygen atoms in total.